The van der Waals surface area contributed by atoms with Crippen LogP contribution >= 0.6 is 0 Å². The predicted octanol–water partition coefficient (Wildman–Crippen LogP) is 4.07. The van der Waals surface area contributed by atoms with Crippen molar-refractivity contribution >= 4 is 5.97 Å². The lowest BCUT2D eigenvalue weighted by molar-refractivity contribution is -0.290. The standard InChI is InChI=1S/C30H37N2O8/c1-29(2)11-16(12-30(3,4)32(29)35)31-26-18-10-21-20(39-14-40-21)9-17(18)24(25-19(26)13-38-28(25)34)15-7-22(36-5)27(33)23(8-15)37-6/h7-10,16,19,24-26,31,33H,11-14H2,1-6H3/t19-,24+,25-,26+/m1/s1. The topological polar surface area (TPSA) is 119 Å². The summed E-state index contributed by atoms with van der Waals surface area (Å²) in [5.74, 6) is 0.347. The van der Waals surface area contributed by atoms with Crippen LogP contribution in [0.25, 0.3) is 0 Å². The Balaban J connectivity index is 1.49. The van der Waals surface area contributed by atoms with E-state index < -0.39 is 22.9 Å². The number of hydrogen-bond donors (Lipinski definition) is 2. The molecule has 3 heterocycles. The van der Waals surface area contributed by atoms with Crippen molar-refractivity contribution in [3.63, 3.8) is 0 Å². The van der Waals surface area contributed by atoms with Crippen molar-refractivity contribution in [2.75, 3.05) is 27.6 Å². The first-order valence-electron chi connectivity index (χ1n) is 13.7. The molecule has 215 valence electrons. The molecule has 2 aromatic rings. The second-order valence-electron chi connectivity index (χ2n) is 12.6. The highest BCUT2D eigenvalue weighted by Gasteiger charge is 2.54. The number of ether oxygens (including phenoxy) is 5. The van der Waals surface area contributed by atoms with Gasteiger partial charge in [0.25, 0.3) is 0 Å². The summed E-state index contributed by atoms with van der Waals surface area (Å²) in [7, 11) is 2.96. The Morgan fingerprint density at radius 3 is 2.08 bits per heavy atom. The number of hydroxylamine groups is 2. The highest BCUT2D eigenvalue weighted by Crippen LogP contribution is 2.56. The third-order valence-electron chi connectivity index (χ3n) is 9.06. The number of benzene rings is 2. The third kappa shape index (κ3) is 4.15. The fourth-order valence-electron chi connectivity index (χ4n) is 7.50. The van der Waals surface area contributed by atoms with E-state index in [2.05, 4.69) is 5.32 Å². The minimum atomic E-state index is -0.547. The van der Waals surface area contributed by atoms with E-state index in [4.69, 9.17) is 23.7 Å². The van der Waals surface area contributed by atoms with Crippen LogP contribution in [0.2, 0.25) is 0 Å². The number of esters is 1. The van der Waals surface area contributed by atoms with Gasteiger partial charge in [-0.1, -0.05) is 0 Å². The molecule has 3 aliphatic heterocycles. The quantitative estimate of drug-likeness (QED) is 0.528. The first-order chi connectivity index (χ1) is 18.9. The number of rotatable bonds is 5. The maximum atomic E-state index is 13.4. The second kappa shape index (κ2) is 9.43. The molecule has 2 fully saturated rings. The van der Waals surface area contributed by atoms with E-state index >= 15 is 0 Å². The Morgan fingerprint density at radius 2 is 1.50 bits per heavy atom. The van der Waals surface area contributed by atoms with Gasteiger partial charge >= 0.3 is 5.97 Å². The summed E-state index contributed by atoms with van der Waals surface area (Å²) in [6.45, 7) is 8.32. The molecule has 1 radical (unpaired) electrons. The lowest BCUT2D eigenvalue weighted by Gasteiger charge is -2.51. The minimum Gasteiger partial charge on any atom is -0.502 e. The molecule has 4 atom stereocenters. The van der Waals surface area contributed by atoms with Crippen LogP contribution < -0.4 is 24.3 Å². The van der Waals surface area contributed by atoms with E-state index in [9.17, 15) is 15.1 Å². The molecular weight excluding hydrogens is 516 g/mol. The van der Waals surface area contributed by atoms with Crippen molar-refractivity contribution in [3.8, 4) is 28.7 Å². The van der Waals surface area contributed by atoms with Gasteiger partial charge in [-0.15, -0.1) is 10.3 Å². The number of carbonyl (C=O) groups excluding carboxylic acids is 1. The van der Waals surface area contributed by atoms with Crippen LogP contribution in [0.5, 0.6) is 28.7 Å². The van der Waals surface area contributed by atoms with Gasteiger partial charge in [0.05, 0.1) is 26.7 Å². The smallest absolute Gasteiger partial charge is 0.310 e. The zero-order valence-corrected chi connectivity index (χ0v) is 23.8. The molecule has 10 nitrogen and oxygen atoms in total. The number of nitrogens with zero attached hydrogens (tertiary/aromatic N) is 1. The lowest BCUT2D eigenvalue weighted by Crippen LogP contribution is -2.62. The maximum absolute atomic E-state index is 13.4. The van der Waals surface area contributed by atoms with Crippen molar-refractivity contribution < 1.29 is 38.8 Å². The van der Waals surface area contributed by atoms with Gasteiger partial charge in [-0.2, -0.15) is 0 Å². The Hall–Kier alpha value is -3.21. The van der Waals surface area contributed by atoms with Crippen LogP contribution in [0.15, 0.2) is 24.3 Å². The van der Waals surface area contributed by atoms with Crippen LogP contribution in [0.1, 0.15) is 69.2 Å². The number of nitrogens with one attached hydrogen (secondary N) is 1. The zero-order valence-electron chi connectivity index (χ0n) is 23.8. The van der Waals surface area contributed by atoms with Crippen molar-refractivity contribution in [3.05, 3.63) is 41.0 Å². The van der Waals surface area contributed by atoms with E-state index in [0.29, 0.717) is 24.3 Å². The van der Waals surface area contributed by atoms with Crippen molar-refractivity contribution in [2.24, 2.45) is 11.8 Å². The average molecular weight is 554 g/mol. The zero-order chi connectivity index (χ0) is 28.6. The Labute approximate surface area is 234 Å². The molecule has 0 unspecified atom stereocenters. The SMILES string of the molecule is COc1cc([C@H]2c3cc4c(cc3[C@H](NC3CC(C)(C)N([O])C(C)(C)C3)[C@@H]3COC(=O)[C@@H]23)OCO4)cc(OC)c1O. The monoisotopic (exact) mass is 553 g/mol. The summed E-state index contributed by atoms with van der Waals surface area (Å²) in [6.07, 6.45) is 1.33. The van der Waals surface area contributed by atoms with Gasteiger partial charge in [-0.05, 0) is 81.5 Å². The summed E-state index contributed by atoms with van der Waals surface area (Å²) < 4.78 is 28.2. The molecule has 2 saturated heterocycles. The van der Waals surface area contributed by atoms with E-state index in [-0.39, 0.29) is 54.6 Å². The number of hydrogen-bond acceptors (Lipinski definition) is 9. The second-order valence-corrected chi connectivity index (χ2v) is 12.6. The van der Waals surface area contributed by atoms with Crippen molar-refractivity contribution in [1.82, 2.24) is 10.4 Å². The molecule has 4 aliphatic rings. The Morgan fingerprint density at radius 1 is 0.925 bits per heavy atom. The molecule has 0 saturated carbocycles. The van der Waals surface area contributed by atoms with Gasteiger partial charge < -0.3 is 34.1 Å². The van der Waals surface area contributed by atoms with Gasteiger partial charge in [0.2, 0.25) is 12.5 Å². The molecule has 0 aromatic heterocycles. The molecule has 40 heavy (non-hydrogen) atoms. The van der Waals surface area contributed by atoms with E-state index in [1.165, 1.54) is 19.3 Å². The van der Waals surface area contributed by atoms with E-state index in [0.717, 1.165) is 16.7 Å². The van der Waals surface area contributed by atoms with E-state index in [1.807, 2.05) is 39.8 Å². The number of methoxy groups -OCH3 is 2. The van der Waals surface area contributed by atoms with Gasteiger partial charge in [0.15, 0.2) is 23.0 Å². The highest BCUT2D eigenvalue weighted by atomic mass is 16.7. The maximum Gasteiger partial charge on any atom is 0.310 e. The van der Waals surface area contributed by atoms with Gasteiger partial charge in [0.1, 0.15) is 0 Å². The molecule has 0 spiro atoms. The van der Waals surface area contributed by atoms with Crippen LogP contribution in [0.3, 0.4) is 0 Å². The van der Waals surface area contributed by atoms with Crippen LogP contribution in [-0.2, 0) is 14.7 Å². The third-order valence-corrected chi connectivity index (χ3v) is 9.06. The minimum absolute atomic E-state index is 0.0419. The average Bonchev–Trinajstić information content (AvgIpc) is 3.52. The Bertz CT molecular complexity index is 1300. The van der Waals surface area contributed by atoms with Crippen LogP contribution in [-0.4, -0.2) is 60.9 Å². The molecule has 0 bridgehead atoms. The number of piperidine rings is 1. The lowest BCUT2D eigenvalue weighted by atomic mass is 9.65. The number of fused-ring (bicyclic) bond motifs is 3. The molecule has 2 aromatic carbocycles. The Kier molecular flexibility index (Phi) is 6.36. The number of phenolic OH excluding ortho intramolecular Hbond substituents is 1. The summed E-state index contributed by atoms with van der Waals surface area (Å²) in [5.41, 5.74) is 1.58. The largest absolute Gasteiger partial charge is 0.502 e. The number of phenols is 1. The molecule has 1 aliphatic carbocycles. The molecule has 10 heteroatoms. The first kappa shape index (κ1) is 27.0. The van der Waals surface area contributed by atoms with Gasteiger partial charge in [-0.25, -0.2) is 0 Å². The molecule has 0 amide bonds. The normalized spacial score (nSPS) is 28.5. The summed E-state index contributed by atoms with van der Waals surface area (Å²) >= 11 is 0. The summed E-state index contributed by atoms with van der Waals surface area (Å²) in [5, 5.41) is 28.7. The number of aromatic hydroxyl groups is 1. The van der Waals surface area contributed by atoms with Crippen LogP contribution in [0, 0.1) is 11.8 Å². The van der Waals surface area contributed by atoms with Crippen LogP contribution in [0.4, 0.5) is 0 Å². The van der Waals surface area contributed by atoms with E-state index in [1.54, 1.807) is 12.1 Å². The van der Waals surface area contributed by atoms with Gasteiger partial charge in [0, 0.05) is 35.0 Å². The molecule has 2 N–H and O–H groups in total. The first-order valence-corrected chi connectivity index (χ1v) is 13.7. The summed E-state index contributed by atoms with van der Waals surface area (Å²) in [6, 6.07) is 7.30. The van der Waals surface area contributed by atoms with Crippen molar-refractivity contribution in [2.45, 2.75) is 69.6 Å². The molecule has 6 rings (SSSR count). The number of carbonyl (C=O) groups is 1. The predicted molar refractivity (Wildman–Crippen MR) is 143 cm³/mol. The number of cyclic esters (lactones) is 1. The fraction of sp³-hybridized carbons (Fsp3) is 0.567. The van der Waals surface area contributed by atoms with Gasteiger partial charge in [-0.3, -0.25) is 4.79 Å². The summed E-state index contributed by atoms with van der Waals surface area (Å²) in [4.78, 5) is 13.4. The molecular formula is C30H37N2O8. The van der Waals surface area contributed by atoms with Crippen molar-refractivity contribution in [1.29, 1.82) is 0 Å². The fourth-order valence-corrected chi connectivity index (χ4v) is 7.50. The highest BCUT2D eigenvalue weighted by molar-refractivity contribution is 5.79.